The highest BCUT2D eigenvalue weighted by molar-refractivity contribution is 5.94. The number of ether oxygens (including phenoxy) is 1. The summed E-state index contributed by atoms with van der Waals surface area (Å²) in [7, 11) is 1.63. The third kappa shape index (κ3) is 7.04. The summed E-state index contributed by atoms with van der Waals surface area (Å²) in [4.78, 5) is 19.4. The number of carbonyl (C=O) groups excluding carboxylic acids is 1. The summed E-state index contributed by atoms with van der Waals surface area (Å²) < 4.78 is 20.5. The number of fused-ring (bicyclic) bond motifs is 1. The molecule has 0 aliphatic carbocycles. The van der Waals surface area contributed by atoms with Crippen molar-refractivity contribution in [3.8, 4) is 16.9 Å². The molecule has 0 saturated carbocycles. The van der Waals surface area contributed by atoms with E-state index in [1.807, 2.05) is 62.5 Å². The van der Waals surface area contributed by atoms with Crippen LogP contribution < -0.4 is 15.4 Å². The molecule has 2 aromatic heterocycles. The van der Waals surface area contributed by atoms with Gasteiger partial charge in [-0.1, -0.05) is 37.3 Å². The first kappa shape index (κ1) is 30.7. The zero-order valence-electron chi connectivity index (χ0n) is 25.3. The number of aliphatic hydroxyl groups excluding tert-OH is 1. The van der Waals surface area contributed by atoms with E-state index in [1.165, 1.54) is 12.1 Å². The number of aliphatic hydroxyl groups is 1. The van der Waals surface area contributed by atoms with E-state index in [-0.39, 0.29) is 23.9 Å². The fourth-order valence-electron chi connectivity index (χ4n) is 4.94. The molecule has 5 rings (SSSR count). The van der Waals surface area contributed by atoms with Gasteiger partial charge in [0.15, 0.2) is 5.65 Å². The number of hydrogen-bond acceptors (Lipinski definition) is 7. The second-order valence-electron chi connectivity index (χ2n) is 11.2. The Morgan fingerprint density at radius 3 is 2.39 bits per heavy atom. The van der Waals surface area contributed by atoms with Gasteiger partial charge in [0.25, 0.3) is 5.91 Å². The van der Waals surface area contributed by atoms with E-state index < -0.39 is 0 Å². The van der Waals surface area contributed by atoms with Crippen molar-refractivity contribution in [2.24, 2.45) is 0 Å². The lowest BCUT2D eigenvalue weighted by atomic mass is 10.0. The van der Waals surface area contributed by atoms with Crippen molar-refractivity contribution in [1.82, 2.24) is 24.8 Å². The Labute approximate surface area is 256 Å². The van der Waals surface area contributed by atoms with Crippen LogP contribution in [0.3, 0.4) is 0 Å². The molecular formula is C34H37FN6O3. The molecule has 9 nitrogen and oxygen atoms in total. The molecule has 0 atom stereocenters. The molecule has 3 aromatic carbocycles. The van der Waals surface area contributed by atoms with Crippen LogP contribution in [0.5, 0.6) is 5.75 Å². The maximum absolute atomic E-state index is 13.1. The lowest BCUT2D eigenvalue weighted by molar-refractivity contribution is 0.0551. The minimum absolute atomic E-state index is 0.0708. The number of amides is 1. The number of methoxy groups -OCH3 is 1. The van der Waals surface area contributed by atoms with Crippen LogP contribution in [-0.2, 0) is 13.1 Å². The van der Waals surface area contributed by atoms with Gasteiger partial charge in [0.2, 0.25) is 5.95 Å². The molecule has 0 radical (unpaired) electrons. The van der Waals surface area contributed by atoms with Gasteiger partial charge in [-0.05, 0) is 85.6 Å². The van der Waals surface area contributed by atoms with Gasteiger partial charge in [-0.3, -0.25) is 9.69 Å². The summed E-state index contributed by atoms with van der Waals surface area (Å²) in [5.41, 5.74) is 5.35. The Kier molecular flexibility index (Phi) is 9.22. The second kappa shape index (κ2) is 13.2. The van der Waals surface area contributed by atoms with Crippen molar-refractivity contribution in [3.63, 3.8) is 0 Å². The lowest BCUT2D eigenvalue weighted by Gasteiger charge is -2.36. The average molecular weight is 597 g/mol. The molecule has 1 amide bonds. The number of anilines is 2. The zero-order chi connectivity index (χ0) is 31.3. The quantitative estimate of drug-likeness (QED) is 0.167. The molecule has 0 saturated heterocycles. The molecule has 10 heteroatoms. The largest absolute Gasteiger partial charge is 0.495 e. The Hall–Kier alpha value is -4.80. The maximum atomic E-state index is 13.1. The molecule has 44 heavy (non-hydrogen) atoms. The number of nitrogens with zero attached hydrogens (tertiary/aromatic N) is 4. The molecular weight excluding hydrogens is 559 g/mol. The number of pyridine rings is 1. The van der Waals surface area contributed by atoms with Gasteiger partial charge >= 0.3 is 0 Å². The summed E-state index contributed by atoms with van der Waals surface area (Å²) in [5.74, 6) is 0.583. The second-order valence-corrected chi connectivity index (χ2v) is 11.2. The molecule has 0 unspecified atom stereocenters. The van der Waals surface area contributed by atoms with E-state index in [1.54, 1.807) is 35.9 Å². The highest BCUT2D eigenvalue weighted by atomic mass is 19.1. The van der Waals surface area contributed by atoms with Crippen LogP contribution in [-0.4, -0.2) is 56.3 Å². The van der Waals surface area contributed by atoms with Gasteiger partial charge < -0.3 is 20.5 Å². The van der Waals surface area contributed by atoms with Crippen molar-refractivity contribution in [2.45, 2.75) is 39.4 Å². The summed E-state index contributed by atoms with van der Waals surface area (Å²) in [6.45, 7) is 8.00. The Bertz CT molecular complexity index is 1740. The molecule has 0 aliphatic rings. The summed E-state index contributed by atoms with van der Waals surface area (Å²) in [6, 6.07) is 23.2. The maximum Gasteiger partial charge on any atom is 0.251 e. The van der Waals surface area contributed by atoms with E-state index in [0.29, 0.717) is 36.0 Å². The predicted octanol–water partition coefficient (Wildman–Crippen LogP) is 5.81. The van der Waals surface area contributed by atoms with E-state index in [2.05, 4.69) is 32.5 Å². The van der Waals surface area contributed by atoms with Crippen molar-refractivity contribution in [2.75, 3.05) is 25.6 Å². The van der Waals surface area contributed by atoms with Crippen LogP contribution in [0.4, 0.5) is 16.0 Å². The molecule has 0 aliphatic heterocycles. The highest BCUT2D eigenvalue weighted by Gasteiger charge is 2.25. The monoisotopic (exact) mass is 596 g/mol. The zero-order valence-corrected chi connectivity index (χ0v) is 25.3. The number of carbonyl (C=O) groups is 1. The van der Waals surface area contributed by atoms with Gasteiger partial charge in [-0.15, -0.1) is 5.10 Å². The van der Waals surface area contributed by atoms with Crippen molar-refractivity contribution < 1.29 is 19.0 Å². The third-order valence-corrected chi connectivity index (χ3v) is 7.69. The molecule has 228 valence electrons. The average Bonchev–Trinajstić information content (AvgIpc) is 3.45. The van der Waals surface area contributed by atoms with Crippen LogP contribution in [0.2, 0.25) is 0 Å². The van der Waals surface area contributed by atoms with Crippen molar-refractivity contribution in [1.29, 1.82) is 0 Å². The smallest absolute Gasteiger partial charge is 0.251 e. The number of hydrogen-bond donors (Lipinski definition) is 3. The molecule has 0 bridgehead atoms. The molecule has 5 aromatic rings. The Morgan fingerprint density at radius 2 is 1.70 bits per heavy atom. The van der Waals surface area contributed by atoms with Crippen LogP contribution in [0.1, 0.15) is 42.3 Å². The van der Waals surface area contributed by atoms with E-state index >= 15 is 0 Å². The van der Waals surface area contributed by atoms with Crippen LogP contribution in [0.15, 0.2) is 85.1 Å². The van der Waals surface area contributed by atoms with E-state index in [0.717, 1.165) is 34.5 Å². The van der Waals surface area contributed by atoms with Gasteiger partial charge in [-0.2, -0.15) is 4.98 Å². The normalized spacial score (nSPS) is 11.6. The van der Waals surface area contributed by atoms with Gasteiger partial charge in [-0.25, -0.2) is 8.91 Å². The highest BCUT2D eigenvalue weighted by Crippen LogP contribution is 2.30. The third-order valence-electron chi connectivity index (χ3n) is 7.69. The standard InChI is InChI=1S/C34H37FN6O3/c1-5-40(34(2,3)22-42)20-24-8-16-29(30(18-24)44-4)37-33-38-31-17-13-27(21-41(31)39-33)25-9-11-26(12-10-25)32(43)36-19-23-6-14-28(35)15-7-23/h6-18,21,42H,5,19-20,22H2,1-4H3,(H,36,43)(H,37,39). The summed E-state index contributed by atoms with van der Waals surface area (Å²) >= 11 is 0. The van der Waals surface area contributed by atoms with Crippen LogP contribution in [0, 0.1) is 5.82 Å². The van der Waals surface area contributed by atoms with Crippen LogP contribution >= 0.6 is 0 Å². The van der Waals surface area contributed by atoms with Crippen molar-refractivity contribution in [3.05, 3.63) is 108 Å². The lowest BCUT2D eigenvalue weighted by Crippen LogP contribution is -2.46. The van der Waals surface area contributed by atoms with E-state index in [9.17, 15) is 14.3 Å². The first-order chi connectivity index (χ1) is 21.2. The topological polar surface area (TPSA) is 104 Å². The van der Waals surface area contributed by atoms with Gasteiger partial charge in [0.05, 0.1) is 19.4 Å². The number of aromatic nitrogens is 3. The first-order valence-electron chi connectivity index (χ1n) is 14.5. The van der Waals surface area contributed by atoms with Gasteiger partial charge in [0.1, 0.15) is 11.6 Å². The summed E-state index contributed by atoms with van der Waals surface area (Å²) in [5, 5.41) is 20.5. The first-order valence-corrected chi connectivity index (χ1v) is 14.5. The SMILES string of the molecule is CCN(Cc1ccc(Nc2nc3ccc(-c4ccc(C(=O)NCc5ccc(F)cc5)cc4)cn3n2)c(OC)c1)C(C)(C)CO. The van der Waals surface area contributed by atoms with Crippen molar-refractivity contribution >= 4 is 23.2 Å². The Morgan fingerprint density at radius 1 is 1.00 bits per heavy atom. The number of likely N-dealkylation sites (N-methyl/N-ethyl adjacent to an activating group) is 1. The minimum Gasteiger partial charge on any atom is -0.495 e. The Balaban J connectivity index is 1.26. The minimum atomic E-state index is -0.332. The molecule has 2 heterocycles. The predicted molar refractivity (Wildman–Crippen MR) is 170 cm³/mol. The molecule has 0 spiro atoms. The molecule has 3 N–H and O–H groups in total. The van der Waals surface area contributed by atoms with Gasteiger partial charge in [0, 0.05) is 36.0 Å². The number of rotatable bonds is 12. The molecule has 0 fully saturated rings. The fourth-order valence-corrected chi connectivity index (χ4v) is 4.94. The number of nitrogens with one attached hydrogen (secondary N) is 2. The van der Waals surface area contributed by atoms with E-state index in [4.69, 9.17) is 4.74 Å². The van der Waals surface area contributed by atoms with Crippen LogP contribution in [0.25, 0.3) is 16.8 Å². The fraction of sp³-hybridized carbons (Fsp3) is 0.265. The number of halogens is 1. The number of benzene rings is 3. The summed E-state index contributed by atoms with van der Waals surface area (Å²) in [6.07, 6.45) is 1.89.